The largest absolute Gasteiger partial charge is 0.478 e. The van der Waals surface area contributed by atoms with E-state index in [1.54, 1.807) is 12.1 Å². The van der Waals surface area contributed by atoms with E-state index in [0.29, 0.717) is 12.2 Å². The molecule has 1 N–H and O–H groups in total. The third-order valence-corrected chi connectivity index (χ3v) is 2.98. The maximum atomic E-state index is 11.0. The zero-order valence-corrected chi connectivity index (χ0v) is 11.3. The van der Waals surface area contributed by atoms with Crippen molar-refractivity contribution in [1.82, 2.24) is 0 Å². The van der Waals surface area contributed by atoms with Crippen LogP contribution in [0.25, 0.3) is 0 Å². The quantitative estimate of drug-likeness (QED) is 0.669. The molecule has 2 aromatic carbocycles. The van der Waals surface area contributed by atoms with E-state index >= 15 is 0 Å². The van der Waals surface area contributed by atoms with Gasteiger partial charge in [-0.25, -0.2) is 4.79 Å². The van der Waals surface area contributed by atoms with E-state index in [0.717, 1.165) is 17.7 Å². The number of hydrogen-bond acceptors (Lipinski definition) is 4. The van der Waals surface area contributed by atoms with E-state index in [-0.39, 0.29) is 17.0 Å². The van der Waals surface area contributed by atoms with E-state index in [4.69, 9.17) is 9.84 Å². The number of nitro groups is 1. The van der Waals surface area contributed by atoms with E-state index in [1.165, 1.54) is 6.07 Å². The first-order valence-electron chi connectivity index (χ1n) is 6.30. The van der Waals surface area contributed by atoms with Gasteiger partial charge in [-0.2, -0.15) is 0 Å². The minimum absolute atomic E-state index is 0.0652. The summed E-state index contributed by atoms with van der Waals surface area (Å²) in [6.07, 6.45) is 0.697. The first kappa shape index (κ1) is 14.5. The molecule has 0 heterocycles. The maximum Gasteiger partial charge on any atom is 0.335 e. The van der Waals surface area contributed by atoms with Crippen molar-refractivity contribution >= 4 is 11.7 Å². The molecule has 0 unspecified atom stereocenters. The molecule has 6 nitrogen and oxygen atoms in total. The van der Waals surface area contributed by atoms with Gasteiger partial charge in [0.1, 0.15) is 5.75 Å². The Labute approximate surface area is 120 Å². The van der Waals surface area contributed by atoms with Gasteiger partial charge in [0.2, 0.25) is 5.75 Å². The van der Waals surface area contributed by atoms with Gasteiger partial charge in [-0.3, -0.25) is 10.1 Å². The number of para-hydroxylation sites is 1. The number of hydrogen-bond donors (Lipinski definition) is 1. The lowest BCUT2D eigenvalue weighted by Gasteiger charge is -2.10. The fraction of sp³-hybridized carbons (Fsp3) is 0.133. The first-order valence-corrected chi connectivity index (χ1v) is 6.30. The van der Waals surface area contributed by atoms with Gasteiger partial charge in [-0.05, 0) is 24.1 Å². The molecule has 0 aliphatic heterocycles. The highest BCUT2D eigenvalue weighted by molar-refractivity contribution is 5.88. The topological polar surface area (TPSA) is 89.7 Å². The molecule has 2 aromatic rings. The van der Waals surface area contributed by atoms with E-state index in [1.807, 2.05) is 19.1 Å². The fourth-order valence-electron chi connectivity index (χ4n) is 1.89. The predicted octanol–water partition coefficient (Wildman–Crippen LogP) is 3.65. The Morgan fingerprint density at radius 3 is 2.57 bits per heavy atom. The molecule has 0 bridgehead atoms. The van der Waals surface area contributed by atoms with Crippen molar-refractivity contribution in [2.75, 3.05) is 0 Å². The number of ether oxygens (including phenoxy) is 1. The Morgan fingerprint density at radius 1 is 1.24 bits per heavy atom. The van der Waals surface area contributed by atoms with Crippen LogP contribution in [0, 0.1) is 10.1 Å². The second-order valence-corrected chi connectivity index (χ2v) is 4.31. The summed E-state index contributed by atoms with van der Waals surface area (Å²) in [6, 6.07) is 10.6. The monoisotopic (exact) mass is 287 g/mol. The number of nitro benzene ring substituents is 1. The molecule has 0 aliphatic carbocycles. The average Bonchev–Trinajstić information content (AvgIpc) is 2.47. The van der Waals surface area contributed by atoms with Crippen LogP contribution in [0.2, 0.25) is 0 Å². The van der Waals surface area contributed by atoms with Crippen LogP contribution in [0.5, 0.6) is 11.5 Å². The Bertz CT molecular complexity index is 696. The highest BCUT2D eigenvalue weighted by Gasteiger charge is 2.19. The van der Waals surface area contributed by atoms with Crippen molar-refractivity contribution in [3.63, 3.8) is 0 Å². The molecule has 0 aromatic heterocycles. The highest BCUT2D eigenvalue weighted by Crippen LogP contribution is 2.33. The van der Waals surface area contributed by atoms with Crippen molar-refractivity contribution in [2.45, 2.75) is 13.3 Å². The maximum absolute atomic E-state index is 11.0. The first-order chi connectivity index (χ1) is 10.0. The molecule has 0 spiro atoms. The van der Waals surface area contributed by atoms with Crippen molar-refractivity contribution in [3.05, 3.63) is 63.7 Å². The summed E-state index contributed by atoms with van der Waals surface area (Å²) >= 11 is 0. The molecule has 0 amide bonds. The molecule has 6 heteroatoms. The number of rotatable bonds is 5. The van der Waals surface area contributed by atoms with Gasteiger partial charge in [-0.15, -0.1) is 0 Å². The molecule has 2 rings (SSSR count). The Morgan fingerprint density at radius 2 is 1.95 bits per heavy atom. The molecule has 21 heavy (non-hydrogen) atoms. The van der Waals surface area contributed by atoms with Gasteiger partial charge in [0.15, 0.2) is 0 Å². The summed E-state index contributed by atoms with van der Waals surface area (Å²) in [7, 11) is 0. The van der Waals surface area contributed by atoms with Crippen molar-refractivity contribution < 1.29 is 19.6 Å². The summed E-state index contributed by atoms with van der Waals surface area (Å²) < 4.78 is 5.58. The number of benzene rings is 2. The lowest BCUT2D eigenvalue weighted by molar-refractivity contribution is -0.385. The number of carbonyl (C=O) groups is 1. The molecule has 108 valence electrons. The van der Waals surface area contributed by atoms with Gasteiger partial charge in [-0.1, -0.05) is 25.1 Å². The van der Waals surface area contributed by atoms with Gasteiger partial charge >= 0.3 is 11.7 Å². The smallest absolute Gasteiger partial charge is 0.335 e. The lowest BCUT2D eigenvalue weighted by Crippen LogP contribution is -2.00. The highest BCUT2D eigenvalue weighted by atomic mass is 16.6. The van der Waals surface area contributed by atoms with E-state index < -0.39 is 10.9 Å². The SMILES string of the molecule is CCc1ccccc1Oc1cc(C(=O)O)ccc1[N+](=O)[O-]. The standard InChI is InChI=1S/C15H13NO5/c1-2-10-5-3-4-6-13(10)21-14-9-11(15(17)18)7-8-12(14)16(19)20/h3-9H,2H2,1H3,(H,17,18). The molecule has 0 saturated heterocycles. The minimum atomic E-state index is -1.17. The number of aromatic carboxylic acids is 1. The summed E-state index contributed by atoms with van der Waals surface area (Å²) in [5.74, 6) is -0.773. The molecule has 0 radical (unpaired) electrons. The van der Waals surface area contributed by atoms with Gasteiger partial charge in [0.05, 0.1) is 10.5 Å². The van der Waals surface area contributed by atoms with Crippen LogP contribution in [0.3, 0.4) is 0 Å². The van der Waals surface area contributed by atoms with Gasteiger partial charge < -0.3 is 9.84 Å². The molecule has 0 saturated carbocycles. The summed E-state index contributed by atoms with van der Waals surface area (Å²) in [5.41, 5.74) is 0.544. The zero-order chi connectivity index (χ0) is 15.4. The third-order valence-electron chi connectivity index (χ3n) is 2.98. The normalized spacial score (nSPS) is 10.1. The Kier molecular flexibility index (Phi) is 4.18. The number of carboxylic acid groups (broad SMARTS) is 1. The summed E-state index contributed by atoms with van der Waals surface area (Å²) in [4.78, 5) is 21.4. The van der Waals surface area contributed by atoms with Crippen LogP contribution in [0.1, 0.15) is 22.8 Å². The van der Waals surface area contributed by atoms with Gasteiger partial charge in [0.25, 0.3) is 0 Å². The van der Waals surface area contributed by atoms with Crippen LogP contribution < -0.4 is 4.74 Å². The third kappa shape index (κ3) is 3.17. The average molecular weight is 287 g/mol. The molecule has 0 atom stereocenters. The zero-order valence-electron chi connectivity index (χ0n) is 11.3. The molecular formula is C15H13NO5. The number of aryl methyl sites for hydroxylation is 1. The van der Waals surface area contributed by atoms with Crippen molar-refractivity contribution in [1.29, 1.82) is 0 Å². The number of nitrogens with zero attached hydrogens (tertiary/aromatic N) is 1. The Balaban J connectivity index is 2.48. The van der Waals surface area contributed by atoms with E-state index in [9.17, 15) is 14.9 Å². The van der Waals surface area contributed by atoms with Crippen LogP contribution in [0.15, 0.2) is 42.5 Å². The van der Waals surface area contributed by atoms with Crippen molar-refractivity contribution in [3.8, 4) is 11.5 Å². The second-order valence-electron chi connectivity index (χ2n) is 4.31. The van der Waals surface area contributed by atoms with Crippen LogP contribution in [-0.2, 0) is 6.42 Å². The van der Waals surface area contributed by atoms with Crippen LogP contribution >= 0.6 is 0 Å². The fourth-order valence-corrected chi connectivity index (χ4v) is 1.89. The Hall–Kier alpha value is -2.89. The lowest BCUT2D eigenvalue weighted by atomic mass is 10.1. The van der Waals surface area contributed by atoms with E-state index in [2.05, 4.69) is 0 Å². The van der Waals surface area contributed by atoms with Crippen LogP contribution in [-0.4, -0.2) is 16.0 Å². The van der Waals surface area contributed by atoms with Gasteiger partial charge in [0, 0.05) is 12.1 Å². The number of carboxylic acids is 1. The molecule has 0 fully saturated rings. The van der Waals surface area contributed by atoms with Crippen molar-refractivity contribution in [2.24, 2.45) is 0 Å². The summed E-state index contributed by atoms with van der Waals surface area (Å²) in [5, 5.41) is 20.0. The predicted molar refractivity (Wildman–Crippen MR) is 75.9 cm³/mol. The van der Waals surface area contributed by atoms with Crippen LogP contribution in [0.4, 0.5) is 5.69 Å². The molecular weight excluding hydrogens is 274 g/mol. The second kappa shape index (κ2) is 6.04. The minimum Gasteiger partial charge on any atom is -0.478 e. The summed E-state index contributed by atoms with van der Waals surface area (Å²) in [6.45, 7) is 1.93. The molecule has 0 aliphatic rings.